The van der Waals surface area contributed by atoms with Crippen molar-refractivity contribution in [3.05, 3.63) is 34.9 Å². The van der Waals surface area contributed by atoms with E-state index in [1.54, 1.807) is 0 Å². The lowest BCUT2D eigenvalue weighted by Crippen LogP contribution is -2.25. The Morgan fingerprint density at radius 2 is 1.82 bits per heavy atom. The minimum absolute atomic E-state index is 0.155. The molecular weight excluding hydrogens is 234 g/mol. The average Bonchev–Trinajstić information content (AvgIpc) is 2.26. The van der Waals surface area contributed by atoms with Gasteiger partial charge in [-0.1, -0.05) is 18.2 Å². The standard InChI is InChI=1S/C13H19NO2S/c1-10(14-17(2,15)16)12-8-7-11-5-3-4-6-13(11)9-12/h7-10,14H,3-6H2,1-2H3/t10-/m1/s1. The second-order valence-corrected chi connectivity index (χ2v) is 6.63. The fourth-order valence-corrected chi connectivity index (χ4v) is 3.19. The maximum atomic E-state index is 11.2. The second-order valence-electron chi connectivity index (χ2n) is 4.85. The van der Waals surface area contributed by atoms with Crippen LogP contribution in [0.15, 0.2) is 18.2 Å². The molecule has 3 nitrogen and oxygen atoms in total. The van der Waals surface area contributed by atoms with Gasteiger partial charge < -0.3 is 0 Å². The summed E-state index contributed by atoms with van der Waals surface area (Å²) in [6, 6.07) is 6.17. The molecule has 0 saturated heterocycles. The van der Waals surface area contributed by atoms with Crippen molar-refractivity contribution in [3.8, 4) is 0 Å². The van der Waals surface area contributed by atoms with Crippen molar-refractivity contribution in [1.29, 1.82) is 0 Å². The molecule has 0 heterocycles. The van der Waals surface area contributed by atoms with E-state index in [2.05, 4.69) is 16.9 Å². The van der Waals surface area contributed by atoms with Gasteiger partial charge in [0.05, 0.1) is 6.26 Å². The zero-order valence-electron chi connectivity index (χ0n) is 10.4. The molecule has 0 saturated carbocycles. The fourth-order valence-electron chi connectivity index (χ4n) is 2.41. The molecule has 0 bridgehead atoms. The molecule has 1 aromatic carbocycles. The monoisotopic (exact) mass is 253 g/mol. The predicted molar refractivity (Wildman–Crippen MR) is 69.5 cm³/mol. The van der Waals surface area contributed by atoms with Crippen molar-refractivity contribution in [3.63, 3.8) is 0 Å². The van der Waals surface area contributed by atoms with Crippen molar-refractivity contribution in [2.45, 2.75) is 38.6 Å². The van der Waals surface area contributed by atoms with Crippen LogP contribution in [-0.2, 0) is 22.9 Å². The summed E-state index contributed by atoms with van der Waals surface area (Å²) in [6.07, 6.45) is 5.98. The maximum Gasteiger partial charge on any atom is 0.209 e. The summed E-state index contributed by atoms with van der Waals surface area (Å²) >= 11 is 0. The van der Waals surface area contributed by atoms with Crippen LogP contribution in [0.2, 0.25) is 0 Å². The molecule has 0 unspecified atom stereocenters. The Morgan fingerprint density at radius 1 is 1.18 bits per heavy atom. The van der Waals surface area contributed by atoms with E-state index in [0.717, 1.165) is 18.4 Å². The lowest BCUT2D eigenvalue weighted by molar-refractivity contribution is 0.572. The summed E-state index contributed by atoms with van der Waals surface area (Å²) in [6.45, 7) is 1.88. The first-order valence-electron chi connectivity index (χ1n) is 6.05. The van der Waals surface area contributed by atoms with E-state index in [0.29, 0.717) is 0 Å². The molecule has 17 heavy (non-hydrogen) atoms. The second kappa shape index (κ2) is 4.78. The summed E-state index contributed by atoms with van der Waals surface area (Å²) in [5, 5.41) is 0. The Labute approximate surface area is 103 Å². The first kappa shape index (κ1) is 12.6. The highest BCUT2D eigenvalue weighted by Gasteiger charge is 2.14. The van der Waals surface area contributed by atoms with E-state index >= 15 is 0 Å². The largest absolute Gasteiger partial charge is 0.213 e. The number of hydrogen-bond acceptors (Lipinski definition) is 2. The minimum Gasteiger partial charge on any atom is -0.213 e. The zero-order chi connectivity index (χ0) is 12.5. The molecule has 1 aliphatic carbocycles. The Hall–Kier alpha value is -0.870. The average molecular weight is 253 g/mol. The number of nitrogens with one attached hydrogen (secondary N) is 1. The lowest BCUT2D eigenvalue weighted by Gasteiger charge is -2.19. The van der Waals surface area contributed by atoms with Crippen LogP contribution < -0.4 is 4.72 Å². The summed E-state index contributed by atoms with van der Waals surface area (Å²) in [5.74, 6) is 0. The van der Waals surface area contributed by atoms with Crippen molar-refractivity contribution >= 4 is 10.0 Å². The molecule has 1 aliphatic rings. The first-order valence-corrected chi connectivity index (χ1v) is 7.94. The third kappa shape index (κ3) is 3.30. The van der Waals surface area contributed by atoms with Gasteiger partial charge in [0, 0.05) is 6.04 Å². The van der Waals surface area contributed by atoms with Gasteiger partial charge in [-0.25, -0.2) is 13.1 Å². The Balaban J connectivity index is 2.22. The number of fused-ring (bicyclic) bond motifs is 1. The van der Waals surface area contributed by atoms with Crippen LogP contribution in [0.4, 0.5) is 0 Å². The molecule has 0 radical (unpaired) electrons. The molecule has 1 atom stereocenters. The quantitative estimate of drug-likeness (QED) is 0.897. The molecule has 1 aromatic rings. The summed E-state index contributed by atoms with van der Waals surface area (Å²) in [7, 11) is -3.14. The van der Waals surface area contributed by atoms with Gasteiger partial charge in [0.2, 0.25) is 10.0 Å². The van der Waals surface area contributed by atoms with Crippen molar-refractivity contribution in [2.24, 2.45) is 0 Å². The van der Waals surface area contributed by atoms with Gasteiger partial charge in [0.15, 0.2) is 0 Å². The lowest BCUT2D eigenvalue weighted by atomic mass is 9.89. The molecule has 4 heteroatoms. The van der Waals surface area contributed by atoms with Crippen LogP contribution in [0.1, 0.15) is 42.5 Å². The third-order valence-electron chi connectivity index (χ3n) is 3.26. The Bertz CT molecular complexity index is 508. The summed E-state index contributed by atoms with van der Waals surface area (Å²) in [5.41, 5.74) is 3.86. The molecule has 0 amide bonds. The molecule has 0 fully saturated rings. The topological polar surface area (TPSA) is 46.2 Å². The molecule has 0 spiro atoms. The van der Waals surface area contributed by atoms with E-state index in [4.69, 9.17) is 0 Å². The van der Waals surface area contributed by atoms with Gasteiger partial charge in [0.1, 0.15) is 0 Å². The van der Waals surface area contributed by atoms with Crippen molar-refractivity contribution < 1.29 is 8.42 Å². The van der Waals surface area contributed by atoms with Crippen molar-refractivity contribution in [1.82, 2.24) is 4.72 Å². The number of benzene rings is 1. The minimum atomic E-state index is -3.14. The van der Waals surface area contributed by atoms with Gasteiger partial charge in [-0.05, 0) is 49.3 Å². The predicted octanol–water partition coefficient (Wildman–Crippen LogP) is 2.18. The van der Waals surface area contributed by atoms with Gasteiger partial charge in [-0.15, -0.1) is 0 Å². The van der Waals surface area contributed by atoms with Crippen LogP contribution in [0, 0.1) is 0 Å². The van der Waals surface area contributed by atoms with Gasteiger partial charge in [-0.3, -0.25) is 0 Å². The Kier molecular flexibility index (Phi) is 3.54. The van der Waals surface area contributed by atoms with Gasteiger partial charge in [-0.2, -0.15) is 0 Å². The normalized spacial score (nSPS) is 17.5. The highest BCUT2D eigenvalue weighted by Crippen LogP contribution is 2.24. The number of sulfonamides is 1. The molecule has 0 aromatic heterocycles. The van der Waals surface area contributed by atoms with Crippen LogP contribution >= 0.6 is 0 Å². The van der Waals surface area contributed by atoms with Crippen LogP contribution in [0.3, 0.4) is 0 Å². The van der Waals surface area contributed by atoms with Crippen LogP contribution in [0.5, 0.6) is 0 Å². The van der Waals surface area contributed by atoms with E-state index in [-0.39, 0.29) is 6.04 Å². The highest BCUT2D eigenvalue weighted by atomic mass is 32.2. The highest BCUT2D eigenvalue weighted by molar-refractivity contribution is 7.88. The SMILES string of the molecule is C[C@@H](NS(C)(=O)=O)c1ccc2c(c1)CCCC2. The zero-order valence-corrected chi connectivity index (χ0v) is 11.2. The molecule has 2 rings (SSSR count). The van der Waals surface area contributed by atoms with E-state index < -0.39 is 10.0 Å². The van der Waals surface area contributed by atoms with Gasteiger partial charge in [0.25, 0.3) is 0 Å². The number of aryl methyl sites for hydroxylation is 2. The van der Waals surface area contributed by atoms with Crippen LogP contribution in [0.25, 0.3) is 0 Å². The smallest absolute Gasteiger partial charge is 0.209 e. The Morgan fingerprint density at radius 3 is 2.47 bits per heavy atom. The summed E-state index contributed by atoms with van der Waals surface area (Å²) < 4.78 is 25.0. The summed E-state index contributed by atoms with van der Waals surface area (Å²) in [4.78, 5) is 0. The number of hydrogen-bond donors (Lipinski definition) is 1. The van der Waals surface area contributed by atoms with Gasteiger partial charge >= 0.3 is 0 Å². The molecule has 0 aliphatic heterocycles. The van der Waals surface area contributed by atoms with E-state index in [1.807, 2.05) is 13.0 Å². The maximum absolute atomic E-state index is 11.2. The van der Waals surface area contributed by atoms with Crippen molar-refractivity contribution in [2.75, 3.05) is 6.26 Å². The third-order valence-corrected chi connectivity index (χ3v) is 4.05. The molecular formula is C13H19NO2S. The fraction of sp³-hybridized carbons (Fsp3) is 0.538. The number of rotatable bonds is 3. The first-order chi connectivity index (χ1) is 7.96. The molecule has 1 N–H and O–H groups in total. The van der Waals surface area contributed by atoms with E-state index in [9.17, 15) is 8.42 Å². The molecule has 94 valence electrons. The van der Waals surface area contributed by atoms with E-state index in [1.165, 1.54) is 30.2 Å². The van der Waals surface area contributed by atoms with Crippen LogP contribution in [-0.4, -0.2) is 14.7 Å².